The van der Waals surface area contributed by atoms with E-state index in [0.717, 1.165) is 55.5 Å². The molecule has 1 aromatic carbocycles. The number of carbonyl (C=O) groups excluding carboxylic acids is 2. The molecule has 50 heavy (non-hydrogen) atoms. The van der Waals surface area contributed by atoms with Crippen molar-refractivity contribution in [2.45, 2.75) is 115 Å². The van der Waals surface area contributed by atoms with Crippen LogP contribution < -0.4 is 9.64 Å². The lowest BCUT2D eigenvalue weighted by Crippen LogP contribution is -2.54. The summed E-state index contributed by atoms with van der Waals surface area (Å²) < 4.78 is 13.2. The number of amides is 2. The maximum atomic E-state index is 14.6. The van der Waals surface area contributed by atoms with Crippen LogP contribution >= 0.6 is 0 Å². The van der Waals surface area contributed by atoms with Crippen LogP contribution in [-0.4, -0.2) is 80.7 Å². The van der Waals surface area contributed by atoms with Crippen molar-refractivity contribution in [3.05, 3.63) is 54.0 Å². The number of β-amino-alcohol motifs (C(OH)–C–C–N with tert-alkyl or cyclic N) is 1. The van der Waals surface area contributed by atoms with Gasteiger partial charge in [-0.2, -0.15) is 5.10 Å². The van der Waals surface area contributed by atoms with Gasteiger partial charge in [-0.3, -0.25) is 14.4 Å². The van der Waals surface area contributed by atoms with Crippen molar-refractivity contribution in [3.8, 4) is 17.0 Å². The summed E-state index contributed by atoms with van der Waals surface area (Å²) in [7, 11) is 1.72. The van der Waals surface area contributed by atoms with E-state index in [1.54, 1.807) is 13.3 Å². The van der Waals surface area contributed by atoms with Gasteiger partial charge in [0.15, 0.2) is 0 Å². The van der Waals surface area contributed by atoms with Crippen LogP contribution in [0.5, 0.6) is 5.75 Å². The van der Waals surface area contributed by atoms with Gasteiger partial charge in [-0.05, 0) is 126 Å². The van der Waals surface area contributed by atoms with Gasteiger partial charge >= 0.3 is 6.09 Å². The number of carbonyl (C=O) groups is 2. The highest BCUT2D eigenvalue weighted by Gasteiger charge is 2.51. The molecule has 268 valence electrons. The molecule has 2 aromatic heterocycles. The molecule has 1 N–H and O–H groups in total. The summed E-state index contributed by atoms with van der Waals surface area (Å²) in [5, 5.41) is 14.2. The van der Waals surface area contributed by atoms with Crippen LogP contribution in [0.2, 0.25) is 0 Å². The molecular formula is C39H52N6O5. The molecule has 4 saturated carbocycles. The van der Waals surface area contributed by atoms with E-state index in [1.165, 1.54) is 16.0 Å². The van der Waals surface area contributed by atoms with E-state index < -0.39 is 6.10 Å². The Bertz CT molecular complexity index is 1690. The number of nitrogens with zero attached hydrogens (tertiary/aromatic N) is 6. The zero-order valence-electron chi connectivity index (χ0n) is 30.2. The summed E-state index contributed by atoms with van der Waals surface area (Å²) in [4.78, 5) is 40.3. The van der Waals surface area contributed by atoms with Gasteiger partial charge in [0, 0.05) is 30.4 Å². The second-order valence-corrected chi connectivity index (χ2v) is 16.4. The zero-order valence-corrected chi connectivity index (χ0v) is 30.2. The topological polar surface area (TPSA) is 123 Å². The molecular weight excluding hydrogens is 632 g/mol. The van der Waals surface area contributed by atoms with Gasteiger partial charge in [0.05, 0.1) is 43.7 Å². The number of methoxy groups -OCH3 is 1. The van der Waals surface area contributed by atoms with E-state index in [-0.39, 0.29) is 40.4 Å². The maximum absolute atomic E-state index is 14.6. The largest absolute Gasteiger partial charge is 0.496 e. The highest BCUT2D eigenvalue weighted by molar-refractivity contribution is 5.93. The van der Waals surface area contributed by atoms with E-state index >= 15 is 0 Å². The van der Waals surface area contributed by atoms with Gasteiger partial charge < -0.3 is 19.5 Å². The van der Waals surface area contributed by atoms with E-state index in [0.29, 0.717) is 51.3 Å². The smallest absolute Gasteiger partial charge is 0.410 e. The fourth-order valence-corrected chi connectivity index (χ4v) is 8.66. The van der Waals surface area contributed by atoms with Crippen LogP contribution in [0, 0.1) is 18.3 Å². The molecule has 0 atom stereocenters. The van der Waals surface area contributed by atoms with E-state index in [9.17, 15) is 14.7 Å². The molecule has 11 heteroatoms. The average molecular weight is 685 g/mol. The Morgan fingerprint density at radius 2 is 1.72 bits per heavy atom. The third-order valence-electron chi connectivity index (χ3n) is 12.0. The third kappa shape index (κ3) is 6.73. The number of hydrogen-bond donors (Lipinski definition) is 1. The van der Waals surface area contributed by atoms with E-state index in [2.05, 4.69) is 51.0 Å². The maximum Gasteiger partial charge on any atom is 0.410 e. The number of aryl methyl sites for hydroxylation is 1. The van der Waals surface area contributed by atoms with Crippen molar-refractivity contribution in [3.63, 3.8) is 0 Å². The summed E-state index contributed by atoms with van der Waals surface area (Å²) >= 11 is 0. The monoisotopic (exact) mass is 684 g/mol. The molecule has 5 aliphatic rings. The summed E-state index contributed by atoms with van der Waals surface area (Å²) in [5.41, 5.74) is 4.22. The number of aliphatic hydroxyl groups excluding tert-OH is 1. The molecule has 0 unspecified atom stereocenters. The summed E-state index contributed by atoms with van der Waals surface area (Å²) in [5.74, 6) is 1.24. The lowest BCUT2D eigenvalue weighted by atomic mass is 9.51. The van der Waals surface area contributed by atoms with E-state index in [1.807, 2.05) is 28.0 Å². The van der Waals surface area contributed by atoms with Gasteiger partial charge in [-0.15, -0.1) is 0 Å². The molecule has 5 fully saturated rings. The van der Waals surface area contributed by atoms with Crippen LogP contribution in [0.4, 0.5) is 10.7 Å². The van der Waals surface area contributed by atoms with E-state index in [4.69, 9.17) is 19.4 Å². The fraction of sp³-hybridized carbons (Fsp3) is 0.615. The van der Waals surface area contributed by atoms with Crippen molar-refractivity contribution >= 4 is 17.9 Å². The van der Waals surface area contributed by atoms with Crippen molar-refractivity contribution in [2.24, 2.45) is 11.3 Å². The zero-order chi connectivity index (χ0) is 35.3. The minimum atomic E-state index is -0.465. The Morgan fingerprint density at radius 3 is 2.32 bits per heavy atom. The number of anilines is 1. The number of fused-ring (bicyclic) bond motifs is 3. The van der Waals surface area contributed by atoms with Crippen LogP contribution in [0.1, 0.15) is 96.1 Å². The summed E-state index contributed by atoms with van der Waals surface area (Å²) in [6.07, 6.45) is 13.5. The Morgan fingerprint density at radius 1 is 1.02 bits per heavy atom. The second kappa shape index (κ2) is 13.3. The molecule has 4 aliphatic carbocycles. The number of hydrogen-bond acceptors (Lipinski definition) is 8. The highest BCUT2D eigenvalue weighted by Crippen LogP contribution is 2.58. The Kier molecular flexibility index (Phi) is 9.16. The minimum Gasteiger partial charge on any atom is -0.496 e. The quantitative estimate of drug-likeness (QED) is 0.289. The number of aromatic nitrogens is 4. The average Bonchev–Trinajstić information content (AvgIpc) is 3.62. The number of aliphatic hydroxyl groups is 1. The molecule has 0 radical (unpaired) electrons. The van der Waals surface area contributed by atoms with Crippen LogP contribution in [-0.2, 0) is 20.5 Å². The summed E-state index contributed by atoms with van der Waals surface area (Å²) in [6, 6.07) is 8.56. The predicted molar refractivity (Wildman–Crippen MR) is 190 cm³/mol. The molecule has 11 nitrogen and oxygen atoms in total. The highest BCUT2D eigenvalue weighted by atomic mass is 16.6. The summed E-state index contributed by atoms with van der Waals surface area (Å²) in [6.45, 7) is 9.69. The first-order valence-electron chi connectivity index (χ1n) is 18.4. The van der Waals surface area contributed by atoms with Crippen LogP contribution in [0.25, 0.3) is 11.3 Å². The molecule has 0 spiro atoms. The molecule has 2 bridgehead atoms. The first kappa shape index (κ1) is 34.5. The molecule has 3 heterocycles. The Labute approximate surface area is 295 Å². The molecule has 8 rings (SSSR count). The fourth-order valence-electron chi connectivity index (χ4n) is 8.66. The first-order valence-corrected chi connectivity index (χ1v) is 18.4. The Balaban J connectivity index is 1.10. The van der Waals surface area contributed by atoms with Gasteiger partial charge in [-0.25, -0.2) is 14.8 Å². The lowest BCUT2D eigenvalue weighted by Gasteiger charge is -2.55. The molecule has 1 saturated heterocycles. The van der Waals surface area contributed by atoms with Crippen molar-refractivity contribution in [2.75, 3.05) is 31.6 Å². The van der Waals surface area contributed by atoms with Crippen molar-refractivity contribution < 1.29 is 24.2 Å². The number of rotatable bonds is 8. The number of likely N-dealkylation sites (tertiary alicyclic amines) is 1. The second-order valence-electron chi connectivity index (χ2n) is 16.4. The Hall–Kier alpha value is -3.99. The SMILES string of the molecule is COc1ccc(C23CCC(CN(c4nccc(-c5cnn(C(C)(C)C)c5)n4)C(=O)[C@H]4CC[C@H](OC(=O)N5CC(O)C5)CC4)(CC2)CC3)cc1C. The van der Waals surface area contributed by atoms with Crippen LogP contribution in [0.3, 0.4) is 0 Å². The molecule has 3 aromatic rings. The minimum absolute atomic E-state index is 0.00389. The van der Waals surface area contributed by atoms with Crippen molar-refractivity contribution in [1.29, 1.82) is 0 Å². The molecule has 2 amide bonds. The van der Waals surface area contributed by atoms with Gasteiger partial charge in [0.1, 0.15) is 11.9 Å². The molecule has 1 aliphatic heterocycles. The van der Waals surface area contributed by atoms with Crippen molar-refractivity contribution in [1.82, 2.24) is 24.6 Å². The van der Waals surface area contributed by atoms with Gasteiger partial charge in [-0.1, -0.05) is 12.1 Å². The van der Waals surface area contributed by atoms with Gasteiger partial charge in [0.2, 0.25) is 11.9 Å². The predicted octanol–water partition coefficient (Wildman–Crippen LogP) is 6.41. The number of ether oxygens (including phenoxy) is 2. The number of benzene rings is 1. The lowest BCUT2D eigenvalue weighted by molar-refractivity contribution is -0.125. The van der Waals surface area contributed by atoms with Gasteiger partial charge in [0.25, 0.3) is 0 Å². The van der Waals surface area contributed by atoms with Crippen LogP contribution in [0.15, 0.2) is 42.9 Å². The third-order valence-corrected chi connectivity index (χ3v) is 12.0. The first-order chi connectivity index (χ1) is 23.9. The normalized spacial score (nSPS) is 26.7. The standard InChI is InChI=1S/C39H52N6O5/c1-26-20-29(8-11-33(26)49-5)39-16-13-38(14-17-39,15-18-39)25-44(35-40-19-12-32(42-35)28-21-41-45(22-28)37(2,3)4)34(47)27-6-9-31(10-7-27)50-36(48)43-23-30(46)24-43/h8,11-12,19-22,27,30-31,46H,6-7,9-10,13-18,23-25H2,1-5H3/t27-,31-,38?,39?.